The van der Waals surface area contributed by atoms with Gasteiger partial charge in [0.15, 0.2) is 0 Å². The Balaban J connectivity index is 1.44. The molecule has 1 aliphatic rings. The van der Waals surface area contributed by atoms with E-state index in [1.54, 1.807) is 18.5 Å². The monoisotopic (exact) mass is 348 g/mol. The molecule has 7 heteroatoms. The van der Waals surface area contributed by atoms with E-state index in [9.17, 15) is 4.79 Å². The van der Waals surface area contributed by atoms with Gasteiger partial charge in [0.05, 0.1) is 11.2 Å². The SMILES string of the molecule is Cc1ccc2cccc(NC(=O)N3CCN(c4ncccn4)CC3)c2n1. The minimum Gasteiger partial charge on any atom is -0.337 e. The lowest BCUT2D eigenvalue weighted by molar-refractivity contribution is 0.208. The van der Waals surface area contributed by atoms with Crippen LogP contribution in [0, 0.1) is 6.92 Å². The van der Waals surface area contributed by atoms with Crippen molar-refractivity contribution in [2.45, 2.75) is 6.92 Å². The zero-order valence-electron chi connectivity index (χ0n) is 14.6. The Labute approximate surface area is 151 Å². The van der Waals surface area contributed by atoms with E-state index < -0.39 is 0 Å². The number of aryl methyl sites for hydroxylation is 1. The number of amides is 2. The van der Waals surface area contributed by atoms with Gasteiger partial charge in [-0.25, -0.2) is 14.8 Å². The summed E-state index contributed by atoms with van der Waals surface area (Å²) < 4.78 is 0. The van der Waals surface area contributed by atoms with Crippen molar-refractivity contribution in [3.8, 4) is 0 Å². The highest BCUT2D eigenvalue weighted by Gasteiger charge is 2.22. The highest BCUT2D eigenvalue weighted by Crippen LogP contribution is 2.22. The molecule has 4 rings (SSSR count). The van der Waals surface area contributed by atoms with Crippen molar-refractivity contribution in [1.82, 2.24) is 19.9 Å². The van der Waals surface area contributed by atoms with E-state index >= 15 is 0 Å². The normalized spacial score (nSPS) is 14.5. The number of aromatic nitrogens is 3. The maximum absolute atomic E-state index is 12.7. The van der Waals surface area contributed by atoms with Crippen LogP contribution in [-0.4, -0.2) is 52.1 Å². The molecule has 1 N–H and O–H groups in total. The molecule has 1 fully saturated rings. The molecule has 2 aromatic heterocycles. The fourth-order valence-electron chi connectivity index (χ4n) is 3.10. The van der Waals surface area contributed by atoms with Crippen LogP contribution >= 0.6 is 0 Å². The molecule has 0 radical (unpaired) electrons. The maximum atomic E-state index is 12.7. The Bertz CT molecular complexity index is 922. The third-order valence-electron chi connectivity index (χ3n) is 4.50. The molecule has 2 amide bonds. The number of hydrogen-bond donors (Lipinski definition) is 1. The van der Waals surface area contributed by atoms with Gasteiger partial charge in [-0.2, -0.15) is 0 Å². The van der Waals surface area contributed by atoms with E-state index in [-0.39, 0.29) is 6.03 Å². The number of nitrogens with one attached hydrogen (secondary N) is 1. The van der Waals surface area contributed by atoms with Gasteiger partial charge in [0.1, 0.15) is 0 Å². The number of carbonyl (C=O) groups is 1. The summed E-state index contributed by atoms with van der Waals surface area (Å²) in [5, 5.41) is 4.02. The maximum Gasteiger partial charge on any atom is 0.322 e. The summed E-state index contributed by atoms with van der Waals surface area (Å²) in [6.45, 7) is 4.63. The number of nitrogens with zero attached hydrogens (tertiary/aromatic N) is 5. The first-order valence-electron chi connectivity index (χ1n) is 8.65. The molecule has 0 unspecified atom stereocenters. The van der Waals surface area contributed by atoms with E-state index in [4.69, 9.17) is 0 Å². The van der Waals surface area contributed by atoms with Crippen LogP contribution in [0.15, 0.2) is 48.8 Å². The van der Waals surface area contributed by atoms with Crippen LogP contribution in [0.5, 0.6) is 0 Å². The first-order chi connectivity index (χ1) is 12.7. The molecule has 1 aromatic carbocycles. The van der Waals surface area contributed by atoms with Crippen molar-refractivity contribution in [2.24, 2.45) is 0 Å². The molecule has 0 atom stereocenters. The van der Waals surface area contributed by atoms with Crippen LogP contribution in [0.25, 0.3) is 10.9 Å². The Morgan fingerprint density at radius 1 is 1.00 bits per heavy atom. The second-order valence-corrected chi connectivity index (χ2v) is 6.28. The van der Waals surface area contributed by atoms with E-state index in [1.165, 1.54) is 0 Å². The van der Waals surface area contributed by atoms with Crippen LogP contribution in [0.2, 0.25) is 0 Å². The fraction of sp³-hybridized carbons (Fsp3) is 0.263. The van der Waals surface area contributed by atoms with Crippen LogP contribution in [-0.2, 0) is 0 Å². The highest BCUT2D eigenvalue weighted by atomic mass is 16.2. The van der Waals surface area contributed by atoms with E-state index in [0.29, 0.717) is 32.1 Å². The lowest BCUT2D eigenvalue weighted by Gasteiger charge is -2.34. The third kappa shape index (κ3) is 3.28. The van der Waals surface area contributed by atoms with Crippen LogP contribution in [0.4, 0.5) is 16.4 Å². The van der Waals surface area contributed by atoms with Gasteiger partial charge in [-0.3, -0.25) is 4.98 Å². The average molecular weight is 348 g/mol. The molecule has 0 bridgehead atoms. The Kier molecular flexibility index (Phi) is 4.35. The van der Waals surface area contributed by atoms with Gasteiger partial charge in [-0.1, -0.05) is 18.2 Å². The number of pyridine rings is 1. The minimum atomic E-state index is -0.102. The van der Waals surface area contributed by atoms with Gasteiger partial charge in [0.2, 0.25) is 5.95 Å². The number of urea groups is 1. The lowest BCUT2D eigenvalue weighted by Crippen LogP contribution is -2.50. The smallest absolute Gasteiger partial charge is 0.322 e. The second-order valence-electron chi connectivity index (χ2n) is 6.28. The molecule has 7 nitrogen and oxygen atoms in total. The van der Waals surface area contributed by atoms with Crippen molar-refractivity contribution in [3.05, 3.63) is 54.5 Å². The number of para-hydroxylation sites is 1. The molecule has 0 spiro atoms. The van der Waals surface area contributed by atoms with E-state index in [1.807, 2.05) is 42.2 Å². The molecule has 3 aromatic rings. The average Bonchev–Trinajstić information content (AvgIpc) is 2.69. The predicted molar refractivity (Wildman–Crippen MR) is 101 cm³/mol. The van der Waals surface area contributed by atoms with Crippen molar-refractivity contribution in [2.75, 3.05) is 36.4 Å². The Morgan fingerprint density at radius 2 is 1.77 bits per heavy atom. The van der Waals surface area contributed by atoms with E-state index in [0.717, 1.165) is 22.3 Å². The molecule has 0 saturated carbocycles. The summed E-state index contributed by atoms with van der Waals surface area (Å²) in [5.41, 5.74) is 2.48. The molecule has 132 valence electrons. The molecule has 26 heavy (non-hydrogen) atoms. The summed E-state index contributed by atoms with van der Waals surface area (Å²) in [4.78, 5) is 29.7. The van der Waals surface area contributed by atoms with Crippen LogP contribution < -0.4 is 10.2 Å². The summed E-state index contributed by atoms with van der Waals surface area (Å²) in [6, 6.07) is 11.5. The number of piperazine rings is 1. The zero-order chi connectivity index (χ0) is 17.9. The molecular weight excluding hydrogens is 328 g/mol. The first-order valence-corrected chi connectivity index (χ1v) is 8.65. The van der Waals surface area contributed by atoms with Gasteiger partial charge >= 0.3 is 6.03 Å². The van der Waals surface area contributed by atoms with Crippen molar-refractivity contribution < 1.29 is 4.79 Å². The number of fused-ring (bicyclic) bond motifs is 1. The van der Waals surface area contributed by atoms with E-state index in [2.05, 4.69) is 25.2 Å². The molecule has 3 heterocycles. The van der Waals surface area contributed by atoms with Crippen LogP contribution in [0.3, 0.4) is 0 Å². The summed E-state index contributed by atoms with van der Waals surface area (Å²) >= 11 is 0. The van der Waals surface area contributed by atoms with Gasteiger partial charge in [-0.05, 0) is 25.1 Å². The highest BCUT2D eigenvalue weighted by molar-refractivity contribution is 5.99. The van der Waals surface area contributed by atoms with Gasteiger partial charge in [0, 0.05) is 49.7 Å². The number of anilines is 2. The fourth-order valence-corrected chi connectivity index (χ4v) is 3.10. The molecular formula is C19H20N6O. The van der Waals surface area contributed by atoms with Crippen molar-refractivity contribution in [1.29, 1.82) is 0 Å². The topological polar surface area (TPSA) is 74.2 Å². The number of carbonyl (C=O) groups excluding carboxylic acids is 1. The zero-order valence-corrected chi connectivity index (χ0v) is 14.6. The quantitative estimate of drug-likeness (QED) is 0.771. The third-order valence-corrected chi connectivity index (χ3v) is 4.50. The summed E-state index contributed by atoms with van der Waals surface area (Å²) in [5.74, 6) is 0.710. The Morgan fingerprint density at radius 3 is 2.54 bits per heavy atom. The minimum absolute atomic E-state index is 0.102. The molecule has 1 aliphatic heterocycles. The summed E-state index contributed by atoms with van der Waals surface area (Å²) in [7, 11) is 0. The van der Waals surface area contributed by atoms with Crippen molar-refractivity contribution >= 4 is 28.6 Å². The predicted octanol–water partition coefficient (Wildman–Crippen LogP) is 2.69. The molecule has 1 saturated heterocycles. The number of benzene rings is 1. The van der Waals surface area contributed by atoms with Crippen LogP contribution in [0.1, 0.15) is 5.69 Å². The molecule has 0 aliphatic carbocycles. The van der Waals surface area contributed by atoms with Gasteiger partial charge in [-0.15, -0.1) is 0 Å². The van der Waals surface area contributed by atoms with Gasteiger partial charge < -0.3 is 15.1 Å². The number of rotatable bonds is 2. The van der Waals surface area contributed by atoms with Crippen molar-refractivity contribution in [3.63, 3.8) is 0 Å². The summed E-state index contributed by atoms with van der Waals surface area (Å²) in [6.07, 6.45) is 3.47. The lowest BCUT2D eigenvalue weighted by atomic mass is 10.2. The Hall–Kier alpha value is -3.22. The number of hydrogen-bond acceptors (Lipinski definition) is 5. The standard InChI is InChI=1S/C19H20N6O/c1-14-6-7-15-4-2-5-16(17(15)22-14)23-19(26)25-12-10-24(11-13-25)18-20-8-3-9-21-18/h2-9H,10-13H2,1H3,(H,23,26). The first kappa shape index (κ1) is 16.3. The largest absolute Gasteiger partial charge is 0.337 e. The second kappa shape index (κ2) is 6.95. The van der Waals surface area contributed by atoms with Gasteiger partial charge in [0.25, 0.3) is 0 Å².